The lowest BCUT2D eigenvalue weighted by Crippen LogP contribution is -2.21. The summed E-state index contributed by atoms with van der Waals surface area (Å²) >= 11 is 11.8. The minimum atomic E-state index is -0.304. The molecule has 0 fully saturated rings. The first kappa shape index (κ1) is 18.4. The molecule has 0 spiro atoms. The van der Waals surface area contributed by atoms with Gasteiger partial charge in [0.05, 0.1) is 17.3 Å². The van der Waals surface area contributed by atoms with Crippen molar-refractivity contribution < 1.29 is 14.3 Å². The number of para-hydroxylation sites is 2. The van der Waals surface area contributed by atoms with Gasteiger partial charge >= 0.3 is 0 Å². The van der Waals surface area contributed by atoms with Crippen molar-refractivity contribution in [1.82, 2.24) is 0 Å². The first-order chi connectivity index (χ1) is 11.5. The lowest BCUT2D eigenvalue weighted by molar-refractivity contribution is -0.118. The number of benzene rings is 2. The number of rotatable bonds is 7. The molecule has 0 atom stereocenters. The molecule has 4 nitrogen and oxygen atoms in total. The molecule has 128 valence electrons. The number of anilines is 1. The predicted octanol–water partition coefficient (Wildman–Crippen LogP) is 5.05. The number of hydrogen-bond donors (Lipinski definition) is 1. The topological polar surface area (TPSA) is 47.6 Å². The molecule has 0 radical (unpaired) electrons. The Morgan fingerprint density at radius 1 is 1.08 bits per heavy atom. The Balaban J connectivity index is 1.95. The fourth-order valence-electron chi connectivity index (χ4n) is 1.87. The van der Waals surface area contributed by atoms with Crippen LogP contribution in [-0.2, 0) is 4.79 Å². The van der Waals surface area contributed by atoms with Gasteiger partial charge in [0.25, 0.3) is 5.91 Å². The second-order valence-electron chi connectivity index (χ2n) is 5.61. The summed E-state index contributed by atoms with van der Waals surface area (Å²) in [5.74, 6) is 1.12. The summed E-state index contributed by atoms with van der Waals surface area (Å²) in [6, 6.07) is 12.1. The molecular weight excluding hydrogens is 349 g/mol. The van der Waals surface area contributed by atoms with Crippen LogP contribution >= 0.6 is 23.2 Å². The molecule has 0 unspecified atom stereocenters. The lowest BCUT2D eigenvalue weighted by Gasteiger charge is -2.14. The van der Waals surface area contributed by atoms with E-state index in [2.05, 4.69) is 19.2 Å². The van der Waals surface area contributed by atoms with Gasteiger partial charge in [-0.3, -0.25) is 4.79 Å². The molecule has 0 bridgehead atoms. The summed E-state index contributed by atoms with van der Waals surface area (Å²) in [5, 5.41) is 3.64. The van der Waals surface area contributed by atoms with Gasteiger partial charge in [-0.2, -0.15) is 0 Å². The van der Waals surface area contributed by atoms with Gasteiger partial charge < -0.3 is 14.8 Å². The Labute approximate surface area is 151 Å². The molecule has 1 amide bonds. The summed E-state index contributed by atoms with van der Waals surface area (Å²) in [6.45, 7) is 4.53. The molecule has 1 N–H and O–H groups in total. The summed E-state index contributed by atoms with van der Waals surface area (Å²) in [4.78, 5) is 12.1. The molecule has 0 aliphatic heterocycles. The molecule has 0 heterocycles. The zero-order valence-electron chi connectivity index (χ0n) is 13.5. The summed E-state index contributed by atoms with van der Waals surface area (Å²) in [7, 11) is 0. The minimum absolute atomic E-state index is 0.167. The average molecular weight is 368 g/mol. The van der Waals surface area contributed by atoms with E-state index in [9.17, 15) is 4.79 Å². The van der Waals surface area contributed by atoms with Crippen LogP contribution in [0.25, 0.3) is 0 Å². The monoisotopic (exact) mass is 367 g/mol. The highest BCUT2D eigenvalue weighted by atomic mass is 35.5. The van der Waals surface area contributed by atoms with E-state index in [-0.39, 0.29) is 12.5 Å². The van der Waals surface area contributed by atoms with E-state index in [4.69, 9.17) is 32.7 Å². The molecule has 0 aliphatic carbocycles. The van der Waals surface area contributed by atoms with Crippen molar-refractivity contribution in [2.24, 2.45) is 5.92 Å². The van der Waals surface area contributed by atoms with Crippen LogP contribution in [0.5, 0.6) is 11.5 Å². The molecule has 2 aromatic rings. The minimum Gasteiger partial charge on any atom is -0.491 e. The molecular formula is C18H19Cl2NO3. The van der Waals surface area contributed by atoms with E-state index in [0.717, 1.165) is 0 Å². The summed E-state index contributed by atoms with van der Waals surface area (Å²) in [5.41, 5.74) is 0.606. The van der Waals surface area contributed by atoms with Gasteiger partial charge in [-0.05, 0) is 36.2 Å². The van der Waals surface area contributed by atoms with Crippen molar-refractivity contribution in [2.75, 3.05) is 18.5 Å². The van der Waals surface area contributed by atoms with Crippen LogP contribution in [0.1, 0.15) is 13.8 Å². The van der Waals surface area contributed by atoms with Crippen LogP contribution in [-0.4, -0.2) is 19.1 Å². The quantitative estimate of drug-likeness (QED) is 0.744. The zero-order chi connectivity index (χ0) is 17.5. The first-order valence-corrected chi connectivity index (χ1v) is 8.31. The van der Waals surface area contributed by atoms with E-state index < -0.39 is 0 Å². The van der Waals surface area contributed by atoms with Crippen molar-refractivity contribution in [3.63, 3.8) is 0 Å². The molecule has 0 aliphatic rings. The van der Waals surface area contributed by atoms with Crippen LogP contribution in [0, 0.1) is 5.92 Å². The number of halogens is 2. The fourth-order valence-corrected chi connectivity index (χ4v) is 2.34. The van der Waals surface area contributed by atoms with Gasteiger partial charge in [0.15, 0.2) is 6.61 Å². The molecule has 0 aromatic heterocycles. The second kappa shape index (κ2) is 8.81. The highest BCUT2D eigenvalue weighted by Crippen LogP contribution is 2.28. The number of carbonyl (C=O) groups is 1. The maximum absolute atomic E-state index is 12.1. The predicted molar refractivity (Wildman–Crippen MR) is 97.4 cm³/mol. The maximum Gasteiger partial charge on any atom is 0.262 e. The zero-order valence-corrected chi connectivity index (χ0v) is 15.0. The Kier molecular flexibility index (Phi) is 6.76. The van der Waals surface area contributed by atoms with Gasteiger partial charge in [-0.15, -0.1) is 0 Å². The number of hydrogen-bond acceptors (Lipinski definition) is 3. The molecule has 2 rings (SSSR count). The highest BCUT2D eigenvalue weighted by Gasteiger charge is 2.10. The second-order valence-corrected chi connectivity index (χ2v) is 6.46. The standard InChI is InChI=1S/C18H19Cl2NO3/c1-12(2)10-23-17-6-4-3-5-15(17)21-18(22)11-24-16-8-7-13(19)9-14(16)20/h3-9,12H,10-11H2,1-2H3,(H,21,22). The third-order valence-corrected chi connectivity index (χ3v) is 3.52. The molecule has 0 saturated carbocycles. The Morgan fingerprint density at radius 2 is 1.83 bits per heavy atom. The van der Waals surface area contributed by atoms with Crippen molar-refractivity contribution in [3.05, 3.63) is 52.5 Å². The van der Waals surface area contributed by atoms with Crippen LogP contribution in [0.2, 0.25) is 10.0 Å². The van der Waals surface area contributed by atoms with Gasteiger partial charge in [0.1, 0.15) is 11.5 Å². The summed E-state index contributed by atoms with van der Waals surface area (Å²) in [6.07, 6.45) is 0. The molecule has 2 aromatic carbocycles. The number of carbonyl (C=O) groups excluding carboxylic acids is 1. The van der Waals surface area contributed by atoms with Gasteiger partial charge in [-0.25, -0.2) is 0 Å². The summed E-state index contributed by atoms with van der Waals surface area (Å²) < 4.78 is 11.1. The number of ether oxygens (including phenoxy) is 2. The Bertz CT molecular complexity index is 704. The van der Waals surface area contributed by atoms with Crippen LogP contribution in [0.15, 0.2) is 42.5 Å². The van der Waals surface area contributed by atoms with E-state index in [1.165, 1.54) is 0 Å². The largest absolute Gasteiger partial charge is 0.491 e. The van der Waals surface area contributed by atoms with Crippen LogP contribution in [0.4, 0.5) is 5.69 Å². The van der Waals surface area contributed by atoms with Crippen molar-refractivity contribution in [3.8, 4) is 11.5 Å². The molecule has 6 heteroatoms. The Morgan fingerprint density at radius 3 is 2.54 bits per heavy atom. The van der Waals surface area contributed by atoms with Gasteiger partial charge in [-0.1, -0.05) is 49.2 Å². The van der Waals surface area contributed by atoms with Crippen molar-refractivity contribution >= 4 is 34.8 Å². The SMILES string of the molecule is CC(C)COc1ccccc1NC(=O)COc1ccc(Cl)cc1Cl. The van der Waals surface area contributed by atoms with Crippen molar-refractivity contribution in [1.29, 1.82) is 0 Å². The third-order valence-electron chi connectivity index (χ3n) is 2.99. The normalized spacial score (nSPS) is 10.5. The van der Waals surface area contributed by atoms with Gasteiger partial charge in [0, 0.05) is 5.02 Å². The number of nitrogens with one attached hydrogen (secondary N) is 1. The lowest BCUT2D eigenvalue weighted by atomic mass is 10.2. The number of amides is 1. The third kappa shape index (κ3) is 5.62. The molecule has 0 saturated heterocycles. The van der Waals surface area contributed by atoms with Crippen LogP contribution < -0.4 is 14.8 Å². The Hall–Kier alpha value is -1.91. The van der Waals surface area contributed by atoms with Gasteiger partial charge in [0.2, 0.25) is 0 Å². The molecule has 24 heavy (non-hydrogen) atoms. The fraction of sp³-hybridized carbons (Fsp3) is 0.278. The maximum atomic E-state index is 12.1. The average Bonchev–Trinajstić information content (AvgIpc) is 2.53. The highest BCUT2D eigenvalue weighted by molar-refractivity contribution is 6.35. The van der Waals surface area contributed by atoms with Crippen LogP contribution in [0.3, 0.4) is 0 Å². The van der Waals surface area contributed by atoms with E-state index in [1.807, 2.05) is 18.2 Å². The van der Waals surface area contributed by atoms with Crippen molar-refractivity contribution in [2.45, 2.75) is 13.8 Å². The first-order valence-electron chi connectivity index (χ1n) is 7.55. The van der Waals surface area contributed by atoms with E-state index in [1.54, 1.807) is 24.3 Å². The smallest absolute Gasteiger partial charge is 0.262 e. The van der Waals surface area contributed by atoms with E-state index in [0.29, 0.717) is 39.8 Å². The van der Waals surface area contributed by atoms with E-state index >= 15 is 0 Å².